The summed E-state index contributed by atoms with van der Waals surface area (Å²) < 4.78 is 11.1. The lowest BCUT2D eigenvalue weighted by Gasteiger charge is -2.38. The number of nitrogens with one attached hydrogen (secondary N) is 1. The summed E-state index contributed by atoms with van der Waals surface area (Å²) in [6.07, 6.45) is 1.66. The summed E-state index contributed by atoms with van der Waals surface area (Å²) in [6.45, 7) is 4.34. The lowest BCUT2D eigenvalue weighted by atomic mass is 9.74. The molecule has 6 nitrogen and oxygen atoms in total. The van der Waals surface area contributed by atoms with E-state index in [9.17, 15) is 14.7 Å². The quantitative estimate of drug-likeness (QED) is 0.715. The van der Waals surface area contributed by atoms with Crippen LogP contribution in [-0.4, -0.2) is 43.3 Å². The minimum absolute atomic E-state index is 0.0400. The van der Waals surface area contributed by atoms with Gasteiger partial charge in [0, 0.05) is 25.2 Å². The highest BCUT2D eigenvalue weighted by atomic mass is 16.5. The molecular weight excluding hydrogens is 370 g/mol. The third-order valence-electron chi connectivity index (χ3n) is 5.45. The third kappa shape index (κ3) is 5.15. The topological polar surface area (TPSA) is 84.9 Å². The van der Waals surface area contributed by atoms with E-state index in [1.807, 2.05) is 19.1 Å². The predicted octanol–water partition coefficient (Wildman–Crippen LogP) is 3.19. The molecule has 0 radical (unpaired) electrons. The van der Waals surface area contributed by atoms with Crippen molar-refractivity contribution in [2.75, 3.05) is 26.4 Å². The van der Waals surface area contributed by atoms with Crippen molar-refractivity contribution in [2.45, 2.75) is 31.6 Å². The molecule has 154 valence electrons. The van der Waals surface area contributed by atoms with Gasteiger partial charge in [0.1, 0.15) is 5.75 Å². The van der Waals surface area contributed by atoms with E-state index >= 15 is 0 Å². The van der Waals surface area contributed by atoms with Crippen LogP contribution in [-0.2, 0) is 21.4 Å². The molecule has 1 aliphatic heterocycles. The molecule has 3 rings (SSSR count). The number of hydrogen-bond donors (Lipinski definition) is 2. The maximum Gasteiger partial charge on any atom is 0.335 e. The molecule has 1 fully saturated rings. The minimum Gasteiger partial charge on any atom is -0.494 e. The van der Waals surface area contributed by atoms with E-state index in [0.717, 1.165) is 24.2 Å². The molecule has 1 heterocycles. The minimum atomic E-state index is -1.02. The second kappa shape index (κ2) is 9.56. The van der Waals surface area contributed by atoms with E-state index in [2.05, 4.69) is 17.4 Å². The Morgan fingerprint density at radius 2 is 1.79 bits per heavy atom. The second-order valence-corrected chi connectivity index (χ2v) is 7.27. The van der Waals surface area contributed by atoms with E-state index in [-0.39, 0.29) is 23.3 Å². The van der Waals surface area contributed by atoms with Crippen molar-refractivity contribution in [1.82, 2.24) is 5.32 Å². The van der Waals surface area contributed by atoms with E-state index < -0.39 is 5.97 Å². The van der Waals surface area contributed by atoms with Gasteiger partial charge in [-0.05, 0) is 49.1 Å². The van der Waals surface area contributed by atoms with Crippen molar-refractivity contribution in [3.05, 3.63) is 65.2 Å². The molecular formula is C23H27NO5. The molecule has 0 spiro atoms. The van der Waals surface area contributed by atoms with Gasteiger partial charge in [-0.2, -0.15) is 0 Å². The molecule has 0 unspecified atom stereocenters. The van der Waals surface area contributed by atoms with Gasteiger partial charge in [-0.25, -0.2) is 4.79 Å². The Hall–Kier alpha value is -2.86. The van der Waals surface area contributed by atoms with Gasteiger partial charge in [0.05, 0.1) is 18.6 Å². The van der Waals surface area contributed by atoms with Gasteiger partial charge in [-0.3, -0.25) is 4.79 Å². The molecule has 0 aliphatic carbocycles. The fraction of sp³-hybridized carbons (Fsp3) is 0.391. The Balaban J connectivity index is 1.71. The Kier molecular flexibility index (Phi) is 6.88. The zero-order chi connectivity index (χ0) is 20.7. The van der Waals surface area contributed by atoms with Gasteiger partial charge in [0.2, 0.25) is 5.91 Å². The zero-order valence-corrected chi connectivity index (χ0v) is 16.6. The lowest BCUT2D eigenvalue weighted by Crippen LogP contribution is -2.45. The summed E-state index contributed by atoms with van der Waals surface area (Å²) in [5.74, 6) is -0.382. The normalized spacial score (nSPS) is 15.5. The van der Waals surface area contributed by atoms with Crippen molar-refractivity contribution in [3.8, 4) is 5.75 Å². The van der Waals surface area contributed by atoms with Gasteiger partial charge >= 0.3 is 5.97 Å². The first kappa shape index (κ1) is 20.9. The first-order valence-corrected chi connectivity index (χ1v) is 9.93. The van der Waals surface area contributed by atoms with Gasteiger partial charge in [0.25, 0.3) is 0 Å². The van der Waals surface area contributed by atoms with Crippen LogP contribution in [0.1, 0.15) is 41.3 Å². The van der Waals surface area contributed by atoms with Crippen molar-refractivity contribution < 1.29 is 24.2 Å². The highest BCUT2D eigenvalue weighted by molar-refractivity contribution is 5.91. The molecule has 29 heavy (non-hydrogen) atoms. The summed E-state index contributed by atoms with van der Waals surface area (Å²) in [5, 5.41) is 12.3. The summed E-state index contributed by atoms with van der Waals surface area (Å²) in [6, 6.07) is 14.6. The summed E-state index contributed by atoms with van der Waals surface area (Å²) in [5.41, 5.74) is 1.62. The third-order valence-corrected chi connectivity index (χ3v) is 5.45. The highest BCUT2D eigenvalue weighted by Gasteiger charge is 2.35. The molecule has 0 saturated carbocycles. The van der Waals surface area contributed by atoms with Crippen LogP contribution in [0.2, 0.25) is 0 Å². The number of carboxylic acid groups (broad SMARTS) is 1. The summed E-state index contributed by atoms with van der Waals surface area (Å²) in [4.78, 5) is 24.0. The number of ether oxygens (including phenoxy) is 2. The number of aromatic carboxylic acids is 1. The van der Waals surface area contributed by atoms with Crippen molar-refractivity contribution in [3.63, 3.8) is 0 Å². The Bertz CT molecular complexity index is 841. The number of hydrogen-bond acceptors (Lipinski definition) is 4. The molecule has 2 aromatic carbocycles. The number of carboxylic acids is 1. The molecule has 6 heteroatoms. The van der Waals surface area contributed by atoms with Crippen LogP contribution in [0.25, 0.3) is 0 Å². The number of benzene rings is 2. The second-order valence-electron chi connectivity index (χ2n) is 7.27. The molecule has 1 saturated heterocycles. The average molecular weight is 397 g/mol. The summed E-state index contributed by atoms with van der Waals surface area (Å²) >= 11 is 0. The zero-order valence-electron chi connectivity index (χ0n) is 16.6. The Labute approximate surface area is 170 Å². The van der Waals surface area contributed by atoms with Crippen molar-refractivity contribution in [2.24, 2.45) is 0 Å². The van der Waals surface area contributed by atoms with Gasteiger partial charge in [0.15, 0.2) is 0 Å². The van der Waals surface area contributed by atoms with E-state index in [0.29, 0.717) is 31.9 Å². The van der Waals surface area contributed by atoms with Crippen molar-refractivity contribution >= 4 is 11.9 Å². The molecule has 1 amide bonds. The SMILES string of the molecule is CCOc1ccc(C2(CNC(=O)Cc3ccccc3C(=O)O)CCOCC2)cc1. The molecule has 0 atom stereocenters. The maximum absolute atomic E-state index is 12.6. The largest absolute Gasteiger partial charge is 0.494 e. The summed E-state index contributed by atoms with van der Waals surface area (Å²) in [7, 11) is 0. The van der Waals surface area contributed by atoms with Crippen LogP contribution in [0.15, 0.2) is 48.5 Å². The van der Waals surface area contributed by atoms with E-state index in [1.165, 1.54) is 6.07 Å². The number of rotatable bonds is 8. The van der Waals surface area contributed by atoms with Crippen molar-refractivity contribution in [1.29, 1.82) is 0 Å². The maximum atomic E-state index is 12.6. The Morgan fingerprint density at radius 1 is 1.10 bits per heavy atom. The van der Waals surface area contributed by atoms with E-state index in [1.54, 1.807) is 18.2 Å². The van der Waals surface area contributed by atoms with E-state index in [4.69, 9.17) is 9.47 Å². The predicted molar refractivity (Wildman–Crippen MR) is 109 cm³/mol. The molecule has 1 aliphatic rings. The first-order chi connectivity index (χ1) is 14.0. The number of amides is 1. The van der Waals surface area contributed by atoms with Crippen LogP contribution < -0.4 is 10.1 Å². The van der Waals surface area contributed by atoms with Gasteiger partial charge in [-0.15, -0.1) is 0 Å². The van der Waals surface area contributed by atoms with Crippen LogP contribution in [0, 0.1) is 0 Å². The van der Waals surface area contributed by atoms with Crippen LogP contribution >= 0.6 is 0 Å². The molecule has 2 aromatic rings. The van der Waals surface area contributed by atoms with Crippen LogP contribution in [0.5, 0.6) is 5.75 Å². The number of carbonyl (C=O) groups excluding carboxylic acids is 1. The van der Waals surface area contributed by atoms with Gasteiger partial charge in [-0.1, -0.05) is 30.3 Å². The molecule has 2 N–H and O–H groups in total. The molecule has 0 aromatic heterocycles. The lowest BCUT2D eigenvalue weighted by molar-refractivity contribution is -0.121. The fourth-order valence-corrected chi connectivity index (χ4v) is 3.79. The monoisotopic (exact) mass is 397 g/mol. The fourth-order valence-electron chi connectivity index (χ4n) is 3.79. The average Bonchev–Trinajstić information content (AvgIpc) is 2.74. The highest BCUT2D eigenvalue weighted by Crippen LogP contribution is 2.35. The smallest absolute Gasteiger partial charge is 0.335 e. The number of carbonyl (C=O) groups is 2. The molecule has 0 bridgehead atoms. The van der Waals surface area contributed by atoms with Gasteiger partial charge < -0.3 is 19.9 Å². The van der Waals surface area contributed by atoms with Crippen LogP contribution in [0.3, 0.4) is 0 Å². The first-order valence-electron chi connectivity index (χ1n) is 9.93. The van der Waals surface area contributed by atoms with Crippen LogP contribution in [0.4, 0.5) is 0 Å². The Morgan fingerprint density at radius 3 is 2.45 bits per heavy atom. The standard InChI is InChI=1S/C23H27NO5/c1-2-29-19-9-7-18(8-10-19)23(11-13-28-14-12-23)16-24-21(25)15-17-5-3-4-6-20(17)22(26)27/h3-10H,2,11-16H2,1H3,(H,24,25)(H,26,27).